The Kier molecular flexibility index (Phi) is 6.81. The minimum atomic E-state index is -1.19. The lowest BCUT2D eigenvalue weighted by Crippen LogP contribution is -2.48. The van der Waals surface area contributed by atoms with Crippen LogP contribution in [0.4, 0.5) is 0 Å². The molecule has 0 bridgehead atoms. The predicted octanol–water partition coefficient (Wildman–Crippen LogP) is 3.59. The Hall–Kier alpha value is -1.88. The first-order valence-corrected chi connectivity index (χ1v) is 9.30. The molecule has 1 aliphatic rings. The van der Waals surface area contributed by atoms with Crippen molar-refractivity contribution in [2.45, 2.75) is 71.5 Å². The molecule has 5 nitrogen and oxygen atoms in total. The molecule has 1 aromatic rings. The molecule has 0 N–H and O–H groups in total. The molecule has 0 saturated heterocycles. The summed E-state index contributed by atoms with van der Waals surface area (Å²) < 4.78 is 16.3. The second-order valence-electron chi connectivity index (χ2n) is 7.18. The van der Waals surface area contributed by atoms with Gasteiger partial charge in [-0.15, -0.1) is 0 Å². The van der Waals surface area contributed by atoms with Gasteiger partial charge in [0, 0.05) is 20.0 Å². The van der Waals surface area contributed by atoms with Crippen molar-refractivity contribution in [1.82, 2.24) is 0 Å². The van der Waals surface area contributed by atoms with Crippen LogP contribution in [-0.2, 0) is 30.2 Å². The molecule has 0 aliphatic heterocycles. The van der Waals surface area contributed by atoms with Gasteiger partial charge in [0.2, 0.25) is 5.60 Å². The lowest BCUT2D eigenvalue weighted by molar-refractivity contribution is -0.189. The van der Waals surface area contributed by atoms with Crippen LogP contribution in [-0.4, -0.2) is 37.4 Å². The number of methoxy groups -OCH3 is 1. The molecule has 0 radical (unpaired) electrons. The molecule has 2 rings (SSSR count). The average Bonchev–Trinajstić information content (AvgIpc) is 2.59. The fourth-order valence-corrected chi connectivity index (χ4v) is 3.79. The highest BCUT2D eigenvalue weighted by Gasteiger charge is 2.47. The Bertz CT molecular complexity index is 633. The van der Waals surface area contributed by atoms with Crippen LogP contribution in [0.2, 0.25) is 0 Å². The smallest absolute Gasteiger partial charge is 0.350 e. The van der Waals surface area contributed by atoms with Crippen molar-refractivity contribution in [2.75, 3.05) is 13.7 Å². The summed E-state index contributed by atoms with van der Waals surface area (Å²) in [5.41, 5.74) is 3.07. The molecule has 1 aliphatic carbocycles. The van der Waals surface area contributed by atoms with Gasteiger partial charge in [-0.25, -0.2) is 4.79 Å². The maximum Gasteiger partial charge on any atom is 0.350 e. The molecular weight excluding hydrogens is 332 g/mol. The van der Waals surface area contributed by atoms with Crippen molar-refractivity contribution >= 4 is 11.9 Å². The number of benzene rings is 1. The van der Waals surface area contributed by atoms with Crippen LogP contribution in [0, 0.1) is 20.8 Å². The molecule has 0 aromatic heterocycles. The van der Waals surface area contributed by atoms with Gasteiger partial charge in [-0.3, -0.25) is 4.79 Å². The van der Waals surface area contributed by atoms with Crippen LogP contribution >= 0.6 is 0 Å². The zero-order valence-corrected chi connectivity index (χ0v) is 16.5. The third-order valence-electron chi connectivity index (χ3n) is 5.19. The Labute approximate surface area is 156 Å². The molecule has 1 fully saturated rings. The van der Waals surface area contributed by atoms with Crippen LogP contribution in [0.3, 0.4) is 0 Å². The molecule has 0 atom stereocenters. The SMILES string of the molecule is CCOC(=O)C1(OC(=O)Cc2c(C)cc(C)cc2C)CCC(OC)CC1. The predicted molar refractivity (Wildman–Crippen MR) is 99.1 cm³/mol. The maximum atomic E-state index is 12.7. The molecule has 1 saturated carbocycles. The summed E-state index contributed by atoms with van der Waals surface area (Å²) in [6.07, 6.45) is 2.46. The van der Waals surface area contributed by atoms with E-state index in [-0.39, 0.29) is 25.1 Å². The molecule has 0 unspecified atom stereocenters. The number of rotatable bonds is 6. The summed E-state index contributed by atoms with van der Waals surface area (Å²) in [6, 6.07) is 4.11. The van der Waals surface area contributed by atoms with Gasteiger partial charge in [0.25, 0.3) is 0 Å². The first kappa shape index (κ1) is 20.4. The van der Waals surface area contributed by atoms with Crippen molar-refractivity contribution in [2.24, 2.45) is 0 Å². The van der Waals surface area contributed by atoms with Crippen molar-refractivity contribution < 1.29 is 23.8 Å². The normalized spacial score (nSPS) is 22.7. The monoisotopic (exact) mass is 362 g/mol. The second kappa shape index (κ2) is 8.67. The minimum Gasteiger partial charge on any atom is -0.463 e. The number of carbonyl (C=O) groups is 2. The number of esters is 2. The van der Waals surface area contributed by atoms with Crippen molar-refractivity contribution in [1.29, 1.82) is 0 Å². The zero-order valence-electron chi connectivity index (χ0n) is 16.5. The van der Waals surface area contributed by atoms with Crippen molar-refractivity contribution in [3.63, 3.8) is 0 Å². The van der Waals surface area contributed by atoms with Gasteiger partial charge in [0.15, 0.2) is 0 Å². The Morgan fingerprint density at radius 1 is 1.12 bits per heavy atom. The van der Waals surface area contributed by atoms with Crippen LogP contribution in [0.25, 0.3) is 0 Å². The first-order valence-electron chi connectivity index (χ1n) is 9.30. The molecule has 1 aromatic carbocycles. The lowest BCUT2D eigenvalue weighted by atomic mass is 9.83. The molecule has 5 heteroatoms. The van der Waals surface area contributed by atoms with E-state index in [0.29, 0.717) is 25.7 Å². The number of aryl methyl sites for hydroxylation is 3. The van der Waals surface area contributed by atoms with Gasteiger partial charge in [0.05, 0.1) is 19.1 Å². The second-order valence-corrected chi connectivity index (χ2v) is 7.18. The molecule has 0 spiro atoms. The fourth-order valence-electron chi connectivity index (χ4n) is 3.79. The van der Waals surface area contributed by atoms with E-state index in [1.807, 2.05) is 20.8 Å². The van der Waals surface area contributed by atoms with Gasteiger partial charge < -0.3 is 14.2 Å². The lowest BCUT2D eigenvalue weighted by Gasteiger charge is -2.37. The molecule has 26 heavy (non-hydrogen) atoms. The summed E-state index contributed by atoms with van der Waals surface area (Å²) in [6.45, 7) is 8.04. The minimum absolute atomic E-state index is 0.0952. The third kappa shape index (κ3) is 4.64. The average molecular weight is 362 g/mol. The van der Waals surface area contributed by atoms with Gasteiger partial charge >= 0.3 is 11.9 Å². The molecule has 0 amide bonds. The summed E-state index contributed by atoms with van der Waals surface area (Å²) in [7, 11) is 1.66. The van der Waals surface area contributed by atoms with Crippen LogP contribution in [0.1, 0.15) is 54.9 Å². The third-order valence-corrected chi connectivity index (χ3v) is 5.19. The fraction of sp³-hybridized carbons (Fsp3) is 0.619. The first-order chi connectivity index (χ1) is 12.3. The van der Waals surface area contributed by atoms with Gasteiger partial charge in [0.1, 0.15) is 0 Å². The van der Waals surface area contributed by atoms with E-state index in [2.05, 4.69) is 12.1 Å². The molecule has 0 heterocycles. The van der Waals surface area contributed by atoms with E-state index in [1.165, 1.54) is 0 Å². The van der Waals surface area contributed by atoms with E-state index in [4.69, 9.17) is 14.2 Å². The van der Waals surface area contributed by atoms with Crippen LogP contribution in [0.15, 0.2) is 12.1 Å². The topological polar surface area (TPSA) is 61.8 Å². The highest BCUT2D eigenvalue weighted by Crippen LogP contribution is 2.35. The van der Waals surface area contributed by atoms with Gasteiger partial charge in [-0.1, -0.05) is 17.7 Å². The number of ether oxygens (including phenoxy) is 3. The summed E-state index contributed by atoms with van der Waals surface area (Å²) in [5.74, 6) is -0.829. The van der Waals surface area contributed by atoms with Crippen molar-refractivity contribution in [3.8, 4) is 0 Å². The van der Waals surface area contributed by atoms with Crippen LogP contribution < -0.4 is 0 Å². The summed E-state index contributed by atoms with van der Waals surface area (Å²) >= 11 is 0. The Morgan fingerprint density at radius 2 is 1.69 bits per heavy atom. The largest absolute Gasteiger partial charge is 0.463 e. The Balaban J connectivity index is 2.15. The number of hydrogen-bond acceptors (Lipinski definition) is 5. The highest BCUT2D eigenvalue weighted by molar-refractivity contribution is 5.84. The van der Waals surface area contributed by atoms with E-state index in [0.717, 1.165) is 22.3 Å². The standard InChI is InChI=1S/C21H30O5/c1-6-25-20(23)21(9-7-17(24-5)8-10-21)26-19(22)13-18-15(3)11-14(2)12-16(18)4/h11-12,17H,6-10,13H2,1-5H3. The van der Waals surface area contributed by atoms with Crippen LogP contribution in [0.5, 0.6) is 0 Å². The van der Waals surface area contributed by atoms with Gasteiger partial charge in [-0.2, -0.15) is 0 Å². The maximum absolute atomic E-state index is 12.7. The zero-order chi connectivity index (χ0) is 19.3. The van der Waals surface area contributed by atoms with Gasteiger partial charge in [-0.05, 0) is 57.2 Å². The molecular formula is C21H30O5. The van der Waals surface area contributed by atoms with E-state index >= 15 is 0 Å². The van der Waals surface area contributed by atoms with E-state index < -0.39 is 11.6 Å². The van der Waals surface area contributed by atoms with E-state index in [9.17, 15) is 9.59 Å². The quantitative estimate of drug-likeness (QED) is 0.724. The molecule has 144 valence electrons. The Morgan fingerprint density at radius 3 is 2.19 bits per heavy atom. The summed E-state index contributed by atoms with van der Waals surface area (Å²) in [4.78, 5) is 25.2. The van der Waals surface area contributed by atoms with Crippen molar-refractivity contribution in [3.05, 3.63) is 34.4 Å². The summed E-state index contributed by atoms with van der Waals surface area (Å²) in [5, 5.41) is 0. The van der Waals surface area contributed by atoms with E-state index in [1.54, 1.807) is 14.0 Å². The number of hydrogen-bond donors (Lipinski definition) is 0. The highest BCUT2D eigenvalue weighted by atomic mass is 16.6. The number of carbonyl (C=O) groups excluding carboxylic acids is 2.